The maximum absolute atomic E-state index is 11.4. The molecule has 0 saturated heterocycles. The van der Waals surface area contributed by atoms with E-state index in [9.17, 15) is 9.59 Å². The molecule has 0 heterocycles. The molecule has 0 atom stereocenters. The molecule has 0 fully saturated rings. The first-order valence-corrected chi connectivity index (χ1v) is 5.72. The molecular formula is C11H21NO4. The molecule has 16 heavy (non-hydrogen) atoms. The summed E-state index contributed by atoms with van der Waals surface area (Å²) in [5.74, 6) is -0.392. The van der Waals surface area contributed by atoms with E-state index in [1.807, 2.05) is 13.8 Å². The fraction of sp³-hybridized carbons (Fsp3) is 0.818. The normalized spacial score (nSPS) is 9.69. The van der Waals surface area contributed by atoms with Crippen LogP contribution in [0.4, 0.5) is 4.79 Å². The van der Waals surface area contributed by atoms with Crippen molar-refractivity contribution < 1.29 is 19.1 Å². The van der Waals surface area contributed by atoms with Crippen molar-refractivity contribution in [1.82, 2.24) is 4.90 Å². The smallest absolute Gasteiger partial charge is 0.410 e. The molecule has 0 saturated carbocycles. The minimum absolute atomic E-state index is 0.0426. The summed E-state index contributed by atoms with van der Waals surface area (Å²) in [7, 11) is 0. The van der Waals surface area contributed by atoms with Crippen molar-refractivity contribution in [3.8, 4) is 0 Å². The van der Waals surface area contributed by atoms with Gasteiger partial charge in [-0.2, -0.15) is 0 Å². The van der Waals surface area contributed by atoms with Crippen LogP contribution in [0.1, 0.15) is 33.6 Å². The van der Waals surface area contributed by atoms with Crippen molar-refractivity contribution in [3.05, 3.63) is 0 Å². The number of carbonyl (C=O) groups is 2. The van der Waals surface area contributed by atoms with E-state index in [2.05, 4.69) is 0 Å². The van der Waals surface area contributed by atoms with Crippen molar-refractivity contribution >= 4 is 12.1 Å². The van der Waals surface area contributed by atoms with Gasteiger partial charge in [0.25, 0.3) is 0 Å². The van der Waals surface area contributed by atoms with E-state index in [0.29, 0.717) is 19.8 Å². The lowest BCUT2D eigenvalue weighted by Crippen LogP contribution is -2.36. The number of amides is 1. The Bertz CT molecular complexity index is 218. The average Bonchev–Trinajstić information content (AvgIpc) is 2.30. The molecule has 0 aromatic heterocycles. The van der Waals surface area contributed by atoms with Gasteiger partial charge in [-0.3, -0.25) is 9.69 Å². The van der Waals surface area contributed by atoms with Crippen LogP contribution in [0.5, 0.6) is 0 Å². The van der Waals surface area contributed by atoms with E-state index >= 15 is 0 Å². The van der Waals surface area contributed by atoms with E-state index in [1.54, 1.807) is 6.92 Å². The van der Waals surface area contributed by atoms with Gasteiger partial charge in [-0.15, -0.1) is 0 Å². The van der Waals surface area contributed by atoms with Crippen LogP contribution in [-0.4, -0.2) is 43.3 Å². The molecule has 1 amide bonds. The molecule has 0 aliphatic heterocycles. The van der Waals surface area contributed by atoms with Crippen molar-refractivity contribution in [1.29, 1.82) is 0 Å². The zero-order valence-corrected chi connectivity index (χ0v) is 10.3. The molecule has 0 aromatic carbocycles. The summed E-state index contributed by atoms with van der Waals surface area (Å²) >= 11 is 0. The third-order valence-electron chi connectivity index (χ3n) is 1.86. The highest BCUT2D eigenvalue weighted by Crippen LogP contribution is 1.96. The molecule has 0 unspecified atom stereocenters. The van der Waals surface area contributed by atoms with Crippen LogP contribution in [0.2, 0.25) is 0 Å². The lowest BCUT2D eigenvalue weighted by Gasteiger charge is -2.19. The number of likely N-dealkylation sites (N-methyl/N-ethyl adjacent to an activating group) is 1. The second kappa shape index (κ2) is 9.00. The number of hydrogen-bond donors (Lipinski definition) is 0. The molecule has 0 aliphatic carbocycles. The minimum atomic E-state index is -0.460. The van der Waals surface area contributed by atoms with Crippen molar-refractivity contribution in [2.75, 3.05) is 26.3 Å². The Hall–Kier alpha value is -1.26. The largest absolute Gasteiger partial charge is 0.464 e. The first kappa shape index (κ1) is 14.7. The molecule has 94 valence electrons. The number of carbonyl (C=O) groups excluding carboxylic acids is 2. The minimum Gasteiger partial charge on any atom is -0.464 e. The van der Waals surface area contributed by atoms with Gasteiger partial charge in [-0.05, 0) is 19.8 Å². The lowest BCUT2D eigenvalue weighted by molar-refractivity contribution is -0.144. The van der Waals surface area contributed by atoms with Gasteiger partial charge in [0.2, 0.25) is 0 Å². The van der Waals surface area contributed by atoms with Crippen molar-refractivity contribution in [3.63, 3.8) is 0 Å². The van der Waals surface area contributed by atoms with Gasteiger partial charge >= 0.3 is 12.1 Å². The Morgan fingerprint density at radius 2 is 1.56 bits per heavy atom. The van der Waals surface area contributed by atoms with E-state index < -0.39 is 12.1 Å². The van der Waals surface area contributed by atoms with Gasteiger partial charge in [0.05, 0.1) is 13.2 Å². The molecule has 0 radical (unpaired) electrons. The Morgan fingerprint density at radius 3 is 2.06 bits per heavy atom. The van der Waals surface area contributed by atoms with Crippen LogP contribution in [-0.2, 0) is 14.3 Å². The Morgan fingerprint density at radius 1 is 1.00 bits per heavy atom. The van der Waals surface area contributed by atoms with Crippen LogP contribution < -0.4 is 0 Å². The second-order valence-electron chi connectivity index (χ2n) is 3.35. The van der Waals surface area contributed by atoms with Gasteiger partial charge in [0.15, 0.2) is 0 Å². The van der Waals surface area contributed by atoms with E-state index in [1.165, 1.54) is 4.90 Å². The van der Waals surface area contributed by atoms with Crippen LogP contribution in [0, 0.1) is 0 Å². The third kappa shape index (κ3) is 6.27. The fourth-order valence-corrected chi connectivity index (χ4v) is 1.00. The first-order chi connectivity index (χ1) is 7.65. The molecule has 0 aliphatic rings. The zero-order valence-electron chi connectivity index (χ0n) is 10.3. The summed E-state index contributed by atoms with van der Waals surface area (Å²) in [5, 5.41) is 0. The van der Waals surface area contributed by atoms with Crippen LogP contribution in [0.15, 0.2) is 0 Å². The van der Waals surface area contributed by atoms with Crippen LogP contribution in [0.25, 0.3) is 0 Å². The van der Waals surface area contributed by atoms with Gasteiger partial charge in [0.1, 0.15) is 6.54 Å². The molecular weight excluding hydrogens is 210 g/mol. The van der Waals surface area contributed by atoms with Crippen molar-refractivity contribution in [2.24, 2.45) is 0 Å². The standard InChI is InChI=1S/C11H21NO4/c1-4-7-15-10(13)9-12(6-3)11(14)16-8-5-2/h4-9H2,1-3H3. The third-order valence-corrected chi connectivity index (χ3v) is 1.86. The Labute approximate surface area is 96.7 Å². The van der Waals surface area contributed by atoms with Gasteiger partial charge in [-0.1, -0.05) is 13.8 Å². The summed E-state index contributed by atoms with van der Waals surface area (Å²) in [6.07, 6.45) is 1.08. The zero-order chi connectivity index (χ0) is 12.4. The number of ether oxygens (including phenoxy) is 2. The van der Waals surface area contributed by atoms with Gasteiger partial charge < -0.3 is 9.47 Å². The topological polar surface area (TPSA) is 55.8 Å². The predicted molar refractivity (Wildman–Crippen MR) is 60.1 cm³/mol. The quantitative estimate of drug-likeness (QED) is 0.627. The van der Waals surface area contributed by atoms with E-state index in [-0.39, 0.29) is 6.54 Å². The summed E-state index contributed by atoms with van der Waals surface area (Å²) in [5.41, 5.74) is 0. The van der Waals surface area contributed by atoms with Gasteiger partial charge in [0, 0.05) is 6.54 Å². The highest BCUT2D eigenvalue weighted by atomic mass is 16.6. The molecule has 0 N–H and O–H groups in total. The van der Waals surface area contributed by atoms with Gasteiger partial charge in [-0.25, -0.2) is 4.79 Å². The molecule has 5 nitrogen and oxygen atoms in total. The number of esters is 1. The number of rotatable bonds is 7. The maximum atomic E-state index is 11.4. The maximum Gasteiger partial charge on any atom is 0.410 e. The first-order valence-electron chi connectivity index (χ1n) is 5.72. The highest BCUT2D eigenvalue weighted by Gasteiger charge is 2.17. The van der Waals surface area contributed by atoms with Crippen molar-refractivity contribution in [2.45, 2.75) is 33.6 Å². The van der Waals surface area contributed by atoms with Crippen LogP contribution >= 0.6 is 0 Å². The highest BCUT2D eigenvalue weighted by molar-refractivity contribution is 5.78. The fourth-order valence-electron chi connectivity index (χ4n) is 1.00. The molecule has 5 heteroatoms. The van der Waals surface area contributed by atoms with E-state index in [0.717, 1.165) is 12.8 Å². The number of hydrogen-bond acceptors (Lipinski definition) is 4. The van der Waals surface area contributed by atoms with E-state index in [4.69, 9.17) is 9.47 Å². The Balaban J connectivity index is 3.97. The summed E-state index contributed by atoms with van der Waals surface area (Å²) in [6.45, 7) is 6.78. The SMILES string of the molecule is CCCOC(=O)CN(CC)C(=O)OCCC. The second-order valence-corrected chi connectivity index (χ2v) is 3.35. The summed E-state index contributed by atoms with van der Waals surface area (Å²) in [6, 6.07) is 0. The predicted octanol–water partition coefficient (Wildman–Crippen LogP) is 1.81. The lowest BCUT2D eigenvalue weighted by atomic mass is 10.5. The monoisotopic (exact) mass is 231 g/mol. The van der Waals surface area contributed by atoms with Crippen LogP contribution in [0.3, 0.4) is 0 Å². The molecule has 0 aromatic rings. The number of nitrogens with zero attached hydrogens (tertiary/aromatic N) is 1. The molecule has 0 spiro atoms. The summed E-state index contributed by atoms with van der Waals surface area (Å²) < 4.78 is 9.82. The molecule has 0 bridgehead atoms. The Kier molecular flexibility index (Phi) is 8.29. The summed E-state index contributed by atoms with van der Waals surface area (Å²) in [4.78, 5) is 24.0. The molecule has 0 rings (SSSR count). The average molecular weight is 231 g/mol.